The van der Waals surface area contributed by atoms with Crippen LogP contribution in [-0.2, 0) is 4.74 Å². The van der Waals surface area contributed by atoms with Gasteiger partial charge in [-0.2, -0.15) is 0 Å². The van der Waals surface area contributed by atoms with Crippen LogP contribution < -0.4 is 10.1 Å². The molecule has 1 saturated carbocycles. The van der Waals surface area contributed by atoms with Crippen LogP contribution >= 0.6 is 24.0 Å². The molecule has 0 saturated heterocycles. The van der Waals surface area contributed by atoms with Crippen LogP contribution in [0.4, 0.5) is 0 Å². The van der Waals surface area contributed by atoms with Gasteiger partial charge >= 0.3 is 0 Å². The third kappa shape index (κ3) is 9.59. The second kappa shape index (κ2) is 13.2. The van der Waals surface area contributed by atoms with Gasteiger partial charge in [-0.05, 0) is 37.8 Å². The molecule has 2 N–H and O–H groups in total. The van der Waals surface area contributed by atoms with E-state index in [1.54, 1.807) is 0 Å². The van der Waals surface area contributed by atoms with Gasteiger partial charge < -0.3 is 24.8 Å². The molecule has 1 atom stereocenters. The maximum absolute atomic E-state index is 10.0. The topological polar surface area (TPSA) is 66.3 Å². The molecule has 0 aromatic heterocycles. The Balaban J connectivity index is 0.00000338. The highest BCUT2D eigenvalue weighted by Gasteiger charge is 2.21. The molecule has 0 aliphatic heterocycles. The van der Waals surface area contributed by atoms with Crippen molar-refractivity contribution in [2.75, 3.05) is 46.5 Å². The minimum atomic E-state index is -0.568. The summed E-state index contributed by atoms with van der Waals surface area (Å²) < 4.78 is 11.2. The fraction of sp³-hybridized carbons (Fsp3) is 0.632. The summed E-state index contributed by atoms with van der Waals surface area (Å²) in [5.74, 6) is 2.34. The summed E-state index contributed by atoms with van der Waals surface area (Å²) in [6, 6.07) is 9.76. The summed E-state index contributed by atoms with van der Waals surface area (Å²) in [7, 11) is 1.96. The van der Waals surface area contributed by atoms with Crippen LogP contribution in [0.3, 0.4) is 0 Å². The summed E-state index contributed by atoms with van der Waals surface area (Å²) in [5.41, 5.74) is 0. The number of hydrogen-bond donors (Lipinski definition) is 2. The lowest BCUT2D eigenvalue weighted by Gasteiger charge is -2.22. The average molecular weight is 477 g/mol. The van der Waals surface area contributed by atoms with Crippen LogP contribution in [0.5, 0.6) is 5.75 Å². The number of halogens is 1. The molecule has 1 aromatic carbocycles. The molecule has 1 aliphatic carbocycles. The van der Waals surface area contributed by atoms with E-state index in [9.17, 15) is 5.11 Å². The van der Waals surface area contributed by atoms with Crippen molar-refractivity contribution in [1.29, 1.82) is 0 Å². The van der Waals surface area contributed by atoms with Gasteiger partial charge in [-0.15, -0.1) is 24.0 Å². The Morgan fingerprint density at radius 3 is 2.73 bits per heavy atom. The van der Waals surface area contributed by atoms with E-state index < -0.39 is 6.10 Å². The number of aliphatic hydroxyl groups excluding tert-OH is 1. The zero-order valence-corrected chi connectivity index (χ0v) is 18.1. The van der Waals surface area contributed by atoms with Crippen molar-refractivity contribution in [2.45, 2.75) is 25.9 Å². The van der Waals surface area contributed by atoms with E-state index in [2.05, 4.69) is 10.3 Å². The van der Waals surface area contributed by atoms with Crippen LogP contribution in [0.2, 0.25) is 0 Å². The summed E-state index contributed by atoms with van der Waals surface area (Å²) in [6.07, 6.45) is 1.95. The molecule has 148 valence electrons. The first-order chi connectivity index (χ1) is 12.2. The van der Waals surface area contributed by atoms with Crippen molar-refractivity contribution in [2.24, 2.45) is 10.9 Å². The van der Waals surface area contributed by atoms with Crippen molar-refractivity contribution in [1.82, 2.24) is 10.2 Å². The Morgan fingerprint density at radius 1 is 1.35 bits per heavy atom. The van der Waals surface area contributed by atoms with Crippen LogP contribution in [-0.4, -0.2) is 68.6 Å². The second-order valence-corrected chi connectivity index (χ2v) is 6.41. The minimum absolute atomic E-state index is 0. The second-order valence-electron chi connectivity index (χ2n) is 6.41. The highest BCUT2D eigenvalue weighted by molar-refractivity contribution is 14.0. The lowest BCUT2D eigenvalue weighted by molar-refractivity contribution is 0.0367. The van der Waals surface area contributed by atoms with Crippen LogP contribution in [0.15, 0.2) is 35.3 Å². The van der Waals surface area contributed by atoms with E-state index in [-0.39, 0.29) is 24.0 Å². The molecule has 0 bridgehead atoms. The maximum Gasteiger partial charge on any atom is 0.193 e. The van der Waals surface area contributed by atoms with Crippen molar-refractivity contribution in [3.05, 3.63) is 30.3 Å². The molecule has 2 rings (SSSR count). The third-order valence-corrected chi connectivity index (χ3v) is 3.95. The van der Waals surface area contributed by atoms with Gasteiger partial charge in [-0.1, -0.05) is 18.2 Å². The Labute approximate surface area is 174 Å². The number of rotatable bonds is 11. The van der Waals surface area contributed by atoms with Crippen LogP contribution in [0.25, 0.3) is 0 Å². The average Bonchev–Trinajstić information content (AvgIpc) is 3.43. The number of benzene rings is 1. The number of aliphatic hydroxyl groups is 1. The maximum atomic E-state index is 10.0. The van der Waals surface area contributed by atoms with E-state index in [1.165, 1.54) is 12.8 Å². The van der Waals surface area contributed by atoms with Gasteiger partial charge in [0.1, 0.15) is 12.4 Å². The molecule has 0 spiro atoms. The van der Waals surface area contributed by atoms with E-state index >= 15 is 0 Å². The summed E-state index contributed by atoms with van der Waals surface area (Å²) in [6.45, 7) is 5.51. The van der Waals surface area contributed by atoms with Crippen molar-refractivity contribution >= 4 is 29.9 Å². The summed E-state index contributed by atoms with van der Waals surface area (Å²) in [5, 5.41) is 13.2. The Bertz CT molecular complexity index is 512. The lowest BCUT2D eigenvalue weighted by atomic mass is 10.3. The van der Waals surface area contributed by atoms with Gasteiger partial charge in [-0.25, -0.2) is 0 Å². The summed E-state index contributed by atoms with van der Waals surface area (Å²) >= 11 is 0. The predicted octanol–water partition coefficient (Wildman–Crippen LogP) is 2.37. The highest BCUT2D eigenvalue weighted by Crippen LogP contribution is 2.28. The first kappa shape index (κ1) is 23.0. The molecule has 1 aromatic rings. The van der Waals surface area contributed by atoms with Crippen LogP contribution in [0.1, 0.15) is 19.8 Å². The number of guanidine groups is 1. The van der Waals surface area contributed by atoms with E-state index in [0.717, 1.165) is 24.9 Å². The summed E-state index contributed by atoms with van der Waals surface area (Å²) in [4.78, 5) is 6.50. The smallest absolute Gasteiger partial charge is 0.193 e. The van der Waals surface area contributed by atoms with E-state index in [4.69, 9.17) is 9.47 Å². The molecule has 0 amide bonds. The highest BCUT2D eigenvalue weighted by atomic mass is 127. The van der Waals surface area contributed by atoms with Crippen molar-refractivity contribution in [3.63, 3.8) is 0 Å². The molecule has 6 nitrogen and oxygen atoms in total. The Hall–Kier alpha value is -1.06. The van der Waals surface area contributed by atoms with Gasteiger partial charge in [0.2, 0.25) is 0 Å². The fourth-order valence-corrected chi connectivity index (χ4v) is 2.29. The van der Waals surface area contributed by atoms with Gasteiger partial charge in [0.25, 0.3) is 0 Å². The molecule has 1 fully saturated rings. The monoisotopic (exact) mass is 477 g/mol. The normalized spacial score (nSPS) is 15.1. The van der Waals surface area contributed by atoms with Gasteiger partial charge in [-0.3, -0.25) is 4.99 Å². The zero-order valence-electron chi connectivity index (χ0n) is 15.8. The largest absolute Gasteiger partial charge is 0.492 e. The molecule has 0 heterocycles. The molecular weight excluding hydrogens is 445 g/mol. The molecule has 1 aliphatic rings. The SMILES string of the molecule is CCNC(=NCC(O)COCC1CC1)N(C)CCOc1ccccc1.I. The van der Waals surface area contributed by atoms with Crippen molar-refractivity contribution in [3.8, 4) is 5.75 Å². The molecule has 26 heavy (non-hydrogen) atoms. The molecule has 7 heteroatoms. The first-order valence-corrected chi connectivity index (χ1v) is 9.12. The minimum Gasteiger partial charge on any atom is -0.492 e. The number of likely N-dealkylation sites (N-methyl/N-ethyl adjacent to an activating group) is 1. The number of ether oxygens (including phenoxy) is 2. The van der Waals surface area contributed by atoms with Gasteiger partial charge in [0.15, 0.2) is 5.96 Å². The number of aliphatic imine (C=N–C) groups is 1. The van der Waals surface area contributed by atoms with Crippen molar-refractivity contribution < 1.29 is 14.6 Å². The number of para-hydroxylation sites is 1. The molecule has 1 unspecified atom stereocenters. The van der Waals surface area contributed by atoms with Gasteiger partial charge in [0, 0.05) is 20.2 Å². The molecular formula is C19H32IN3O3. The number of nitrogens with zero attached hydrogens (tertiary/aromatic N) is 2. The number of hydrogen-bond acceptors (Lipinski definition) is 4. The van der Waals surface area contributed by atoms with Crippen LogP contribution in [0, 0.1) is 5.92 Å². The third-order valence-electron chi connectivity index (χ3n) is 3.95. The quantitative estimate of drug-likeness (QED) is 0.291. The first-order valence-electron chi connectivity index (χ1n) is 9.12. The fourth-order valence-electron chi connectivity index (χ4n) is 2.29. The Kier molecular flexibility index (Phi) is 11.6. The Morgan fingerprint density at radius 2 is 2.08 bits per heavy atom. The zero-order chi connectivity index (χ0) is 17.9. The van der Waals surface area contributed by atoms with E-state index in [0.29, 0.717) is 32.2 Å². The number of nitrogens with one attached hydrogen (secondary N) is 1. The standard InChI is InChI=1S/C19H31N3O3.HI/c1-3-20-19(21-13-17(23)15-24-14-16-9-10-16)22(2)11-12-25-18-7-5-4-6-8-18;/h4-8,16-17,23H,3,9-15H2,1-2H3,(H,20,21);1H. The van der Waals surface area contributed by atoms with Gasteiger partial charge in [0.05, 0.1) is 25.8 Å². The van der Waals surface area contributed by atoms with E-state index in [1.807, 2.05) is 49.2 Å². The predicted molar refractivity (Wildman–Crippen MR) is 116 cm³/mol. The lowest BCUT2D eigenvalue weighted by Crippen LogP contribution is -2.41. The molecule has 0 radical (unpaired) electrons.